The van der Waals surface area contributed by atoms with Gasteiger partial charge in [0.1, 0.15) is 17.4 Å². The second-order valence-corrected chi connectivity index (χ2v) is 8.59. The third kappa shape index (κ3) is 5.80. The van der Waals surface area contributed by atoms with Crippen molar-refractivity contribution < 1.29 is 24.0 Å². The Morgan fingerprint density at radius 2 is 1.75 bits per heavy atom. The monoisotopic (exact) mass is 504 g/mol. The van der Waals surface area contributed by atoms with Gasteiger partial charge in [0, 0.05) is 38.8 Å². The molecule has 196 valence electrons. The minimum atomic E-state index is -0.598. The molecule has 3 rings (SSSR count). The highest BCUT2D eigenvalue weighted by molar-refractivity contribution is 5.91. The molecule has 2 aromatic rings. The van der Waals surface area contributed by atoms with E-state index < -0.39 is 11.0 Å². The number of aryl methyl sites for hydroxylation is 3. The van der Waals surface area contributed by atoms with Crippen molar-refractivity contribution in [1.82, 2.24) is 29.4 Å². The van der Waals surface area contributed by atoms with E-state index in [1.165, 1.54) is 9.36 Å². The quantitative estimate of drug-likeness (QED) is 0.421. The largest absolute Gasteiger partial charge is 0.450 e. The third-order valence-corrected chi connectivity index (χ3v) is 6.14. The van der Waals surface area contributed by atoms with Crippen LogP contribution in [0, 0.1) is 30.9 Å². The van der Waals surface area contributed by atoms with Gasteiger partial charge < -0.3 is 19.9 Å². The van der Waals surface area contributed by atoms with Crippen molar-refractivity contribution in [3.05, 3.63) is 33.4 Å². The van der Waals surface area contributed by atoms with Gasteiger partial charge in [-0.25, -0.2) is 4.79 Å². The summed E-state index contributed by atoms with van der Waals surface area (Å²) in [7, 11) is 0. The number of hydrogen-bond acceptors (Lipinski definition) is 8. The SMILES string of the molecule is CCOC(=O)N1CCN(C(=O)C(C)n2cc(NC(=O)CCn3nc(C)c([N+](=O)[O-])c3C)c(C)n2)CC1. The summed E-state index contributed by atoms with van der Waals surface area (Å²) in [4.78, 5) is 51.3. The molecule has 3 heterocycles. The van der Waals surface area contributed by atoms with Crippen LogP contribution in [-0.4, -0.2) is 85.0 Å². The highest BCUT2D eigenvalue weighted by Gasteiger charge is 2.29. The van der Waals surface area contributed by atoms with Crippen LogP contribution in [0.5, 0.6) is 0 Å². The zero-order valence-electron chi connectivity index (χ0n) is 21.2. The molecule has 1 saturated heterocycles. The molecular formula is C22H32N8O6. The van der Waals surface area contributed by atoms with Gasteiger partial charge in [-0.2, -0.15) is 10.2 Å². The highest BCUT2D eigenvalue weighted by atomic mass is 16.6. The van der Waals surface area contributed by atoms with Crippen molar-refractivity contribution >= 4 is 29.3 Å². The van der Waals surface area contributed by atoms with E-state index >= 15 is 0 Å². The Morgan fingerprint density at radius 1 is 1.11 bits per heavy atom. The first-order valence-electron chi connectivity index (χ1n) is 11.8. The summed E-state index contributed by atoms with van der Waals surface area (Å²) >= 11 is 0. The van der Waals surface area contributed by atoms with E-state index in [2.05, 4.69) is 15.5 Å². The lowest BCUT2D eigenvalue weighted by atomic mass is 10.2. The van der Waals surface area contributed by atoms with Crippen LogP contribution in [0.3, 0.4) is 0 Å². The molecule has 1 aliphatic rings. The van der Waals surface area contributed by atoms with Crippen molar-refractivity contribution in [3.8, 4) is 0 Å². The lowest BCUT2D eigenvalue weighted by molar-refractivity contribution is -0.386. The molecule has 14 nitrogen and oxygen atoms in total. The number of nitrogens with one attached hydrogen (secondary N) is 1. The fourth-order valence-corrected chi connectivity index (χ4v) is 4.09. The number of piperazine rings is 1. The number of carbonyl (C=O) groups is 3. The van der Waals surface area contributed by atoms with Gasteiger partial charge in [-0.1, -0.05) is 0 Å². The molecule has 14 heteroatoms. The molecule has 3 amide bonds. The summed E-state index contributed by atoms with van der Waals surface area (Å²) in [5, 5.41) is 22.5. The fraction of sp³-hybridized carbons (Fsp3) is 0.591. The second kappa shape index (κ2) is 11.2. The van der Waals surface area contributed by atoms with E-state index in [4.69, 9.17) is 4.74 Å². The molecule has 1 aliphatic heterocycles. The van der Waals surface area contributed by atoms with Gasteiger partial charge in [-0.3, -0.25) is 29.1 Å². The summed E-state index contributed by atoms with van der Waals surface area (Å²) in [5.74, 6) is -0.438. The molecule has 1 unspecified atom stereocenters. The summed E-state index contributed by atoms with van der Waals surface area (Å²) in [6.45, 7) is 10.4. The lowest BCUT2D eigenvalue weighted by Gasteiger charge is -2.35. The zero-order valence-corrected chi connectivity index (χ0v) is 21.2. The summed E-state index contributed by atoms with van der Waals surface area (Å²) in [6.07, 6.45) is 1.29. The number of nitrogens with zero attached hydrogens (tertiary/aromatic N) is 7. The number of nitro groups is 1. The van der Waals surface area contributed by atoms with Crippen LogP contribution in [0.25, 0.3) is 0 Å². The van der Waals surface area contributed by atoms with E-state index in [1.54, 1.807) is 50.6 Å². The lowest BCUT2D eigenvalue weighted by Crippen LogP contribution is -2.52. The molecule has 0 aliphatic carbocycles. The van der Waals surface area contributed by atoms with Crippen LogP contribution in [0.4, 0.5) is 16.2 Å². The molecule has 0 saturated carbocycles. The molecule has 1 N–H and O–H groups in total. The molecule has 0 aromatic carbocycles. The maximum Gasteiger partial charge on any atom is 0.409 e. The Morgan fingerprint density at radius 3 is 2.33 bits per heavy atom. The van der Waals surface area contributed by atoms with E-state index in [1.807, 2.05) is 0 Å². The van der Waals surface area contributed by atoms with E-state index in [0.29, 0.717) is 55.6 Å². The predicted octanol–water partition coefficient (Wildman–Crippen LogP) is 1.80. The molecule has 2 aromatic heterocycles. The van der Waals surface area contributed by atoms with Crippen LogP contribution in [0.15, 0.2) is 6.20 Å². The molecule has 0 spiro atoms. The first kappa shape index (κ1) is 26.6. The van der Waals surface area contributed by atoms with Crippen molar-refractivity contribution in [2.45, 2.75) is 53.6 Å². The molecule has 0 bridgehead atoms. The second-order valence-electron chi connectivity index (χ2n) is 8.59. The summed E-state index contributed by atoms with van der Waals surface area (Å²) < 4.78 is 7.97. The van der Waals surface area contributed by atoms with E-state index in [9.17, 15) is 24.5 Å². The summed E-state index contributed by atoms with van der Waals surface area (Å²) in [6, 6.07) is -0.598. The number of amides is 3. The molecule has 1 atom stereocenters. The number of carbonyl (C=O) groups excluding carboxylic acids is 3. The van der Waals surface area contributed by atoms with Crippen LogP contribution in [0.2, 0.25) is 0 Å². The number of ether oxygens (including phenoxy) is 1. The van der Waals surface area contributed by atoms with Crippen LogP contribution in [-0.2, 0) is 20.9 Å². The molecular weight excluding hydrogens is 472 g/mol. The van der Waals surface area contributed by atoms with Crippen molar-refractivity contribution in [2.24, 2.45) is 0 Å². The number of anilines is 1. The van der Waals surface area contributed by atoms with Crippen molar-refractivity contribution in [2.75, 3.05) is 38.1 Å². The molecule has 0 radical (unpaired) electrons. The fourth-order valence-electron chi connectivity index (χ4n) is 4.09. The van der Waals surface area contributed by atoms with Crippen molar-refractivity contribution in [3.63, 3.8) is 0 Å². The zero-order chi connectivity index (χ0) is 26.6. The topological polar surface area (TPSA) is 158 Å². The Bertz CT molecular complexity index is 1150. The first-order chi connectivity index (χ1) is 17.0. The van der Waals surface area contributed by atoms with Gasteiger partial charge in [0.25, 0.3) is 0 Å². The Kier molecular flexibility index (Phi) is 8.27. The van der Waals surface area contributed by atoms with Crippen molar-refractivity contribution in [1.29, 1.82) is 0 Å². The molecule has 36 heavy (non-hydrogen) atoms. The normalized spacial score (nSPS) is 14.5. The maximum absolute atomic E-state index is 13.0. The smallest absolute Gasteiger partial charge is 0.409 e. The first-order valence-corrected chi connectivity index (χ1v) is 11.8. The van der Waals surface area contributed by atoms with Gasteiger partial charge in [0.15, 0.2) is 0 Å². The Hall–Kier alpha value is -3.97. The van der Waals surface area contributed by atoms with Crippen LogP contribution in [0.1, 0.15) is 43.4 Å². The minimum Gasteiger partial charge on any atom is -0.450 e. The predicted molar refractivity (Wildman–Crippen MR) is 128 cm³/mol. The third-order valence-electron chi connectivity index (χ3n) is 6.14. The number of hydrogen-bond donors (Lipinski definition) is 1. The Balaban J connectivity index is 1.56. The van der Waals surface area contributed by atoms with Gasteiger partial charge in [0.2, 0.25) is 11.8 Å². The summed E-state index contributed by atoms with van der Waals surface area (Å²) in [5.41, 5.74) is 1.68. The van der Waals surface area contributed by atoms with Crippen LogP contribution >= 0.6 is 0 Å². The highest BCUT2D eigenvalue weighted by Crippen LogP contribution is 2.22. The standard InChI is InChI=1S/C22H32N8O6/c1-6-36-22(33)27-11-9-26(10-12-27)21(32)17(5)29-13-18(14(2)24-29)23-19(31)7-8-28-16(4)20(30(34)35)15(3)25-28/h13,17H,6-12H2,1-5H3,(H,23,31). The molecule has 1 fully saturated rings. The van der Waals surface area contributed by atoms with E-state index in [0.717, 1.165) is 0 Å². The number of rotatable bonds is 8. The minimum absolute atomic E-state index is 0.0477. The average molecular weight is 505 g/mol. The van der Waals surface area contributed by atoms with Gasteiger partial charge >= 0.3 is 11.8 Å². The van der Waals surface area contributed by atoms with Crippen LogP contribution < -0.4 is 5.32 Å². The Labute approximate surface area is 208 Å². The maximum atomic E-state index is 13.0. The number of aromatic nitrogens is 4. The van der Waals surface area contributed by atoms with Gasteiger partial charge in [-0.15, -0.1) is 0 Å². The average Bonchev–Trinajstić information content (AvgIpc) is 3.34. The van der Waals surface area contributed by atoms with E-state index in [-0.39, 0.29) is 36.6 Å². The van der Waals surface area contributed by atoms with Gasteiger partial charge in [-0.05, 0) is 34.6 Å². The van der Waals surface area contributed by atoms with Gasteiger partial charge in [0.05, 0.1) is 29.5 Å².